The summed E-state index contributed by atoms with van der Waals surface area (Å²) < 4.78 is 10.5. The van der Waals surface area contributed by atoms with E-state index in [1.54, 1.807) is 0 Å². The molecule has 0 aliphatic heterocycles. The Labute approximate surface area is 171 Å². The Morgan fingerprint density at radius 2 is 1.62 bits per heavy atom. The number of hydrogen-bond acceptors (Lipinski definition) is 5. The molecule has 0 atom stereocenters. The van der Waals surface area contributed by atoms with Crippen LogP contribution in [0.25, 0.3) is 0 Å². The first-order valence-corrected chi connectivity index (χ1v) is 9.87. The molecule has 7 heteroatoms. The summed E-state index contributed by atoms with van der Waals surface area (Å²) in [6.07, 6.45) is 2.85. The number of ether oxygens (including phenoxy) is 2. The van der Waals surface area contributed by atoms with Gasteiger partial charge in [-0.2, -0.15) is 0 Å². The second-order valence-electron chi connectivity index (χ2n) is 6.64. The molecule has 1 aromatic rings. The maximum atomic E-state index is 12.2. The summed E-state index contributed by atoms with van der Waals surface area (Å²) in [7, 11) is 0. The topological polar surface area (TPSA) is 110 Å². The molecule has 0 aliphatic carbocycles. The highest BCUT2D eigenvalue weighted by atomic mass is 16.5. The predicted octanol–water partition coefficient (Wildman–Crippen LogP) is 3.96. The van der Waals surface area contributed by atoms with Gasteiger partial charge in [0, 0.05) is 18.8 Å². The first-order chi connectivity index (χ1) is 13.9. The van der Waals surface area contributed by atoms with Gasteiger partial charge >= 0.3 is 17.9 Å². The number of esters is 1. The fourth-order valence-corrected chi connectivity index (χ4v) is 2.85. The third kappa shape index (κ3) is 11.0. The van der Waals surface area contributed by atoms with E-state index >= 15 is 0 Å². The van der Waals surface area contributed by atoms with E-state index in [4.69, 9.17) is 14.6 Å². The van der Waals surface area contributed by atoms with Crippen LogP contribution in [0.4, 0.5) is 0 Å². The third-order valence-electron chi connectivity index (χ3n) is 4.33. The van der Waals surface area contributed by atoms with E-state index in [0.717, 1.165) is 24.8 Å². The van der Waals surface area contributed by atoms with E-state index in [2.05, 4.69) is 0 Å². The summed E-state index contributed by atoms with van der Waals surface area (Å²) >= 11 is 0. The molecule has 7 nitrogen and oxygen atoms in total. The summed E-state index contributed by atoms with van der Waals surface area (Å²) in [5.41, 5.74) is 0.913. The van der Waals surface area contributed by atoms with Crippen molar-refractivity contribution in [2.24, 2.45) is 0 Å². The van der Waals surface area contributed by atoms with Crippen LogP contribution in [0.5, 0.6) is 0 Å². The van der Waals surface area contributed by atoms with Gasteiger partial charge in [0.25, 0.3) is 0 Å². The van der Waals surface area contributed by atoms with Crippen molar-refractivity contribution in [3.8, 4) is 0 Å². The van der Waals surface area contributed by atoms with Crippen molar-refractivity contribution in [2.75, 3.05) is 13.2 Å². The first kappa shape index (κ1) is 24.4. The lowest BCUT2D eigenvalue weighted by molar-refractivity contribution is -0.144. The quantitative estimate of drug-likeness (QED) is 0.258. The number of carbonyl (C=O) groups is 3. The molecule has 0 radical (unpaired) electrons. The van der Waals surface area contributed by atoms with E-state index in [1.165, 1.54) is 0 Å². The van der Waals surface area contributed by atoms with Crippen molar-refractivity contribution >= 4 is 17.9 Å². The van der Waals surface area contributed by atoms with E-state index in [0.29, 0.717) is 31.6 Å². The van der Waals surface area contributed by atoms with E-state index < -0.39 is 24.3 Å². The minimum absolute atomic E-state index is 0.0890. The monoisotopic (exact) mass is 406 g/mol. The Morgan fingerprint density at radius 1 is 0.931 bits per heavy atom. The molecule has 1 rings (SSSR count). The molecule has 0 heterocycles. The highest BCUT2D eigenvalue weighted by molar-refractivity contribution is 5.93. The number of carbonyl (C=O) groups excluding carboxylic acids is 1. The van der Waals surface area contributed by atoms with Crippen LogP contribution in [-0.2, 0) is 30.5 Å². The van der Waals surface area contributed by atoms with Crippen molar-refractivity contribution in [3.05, 3.63) is 47.0 Å². The molecule has 0 spiro atoms. The van der Waals surface area contributed by atoms with Gasteiger partial charge < -0.3 is 19.7 Å². The average molecular weight is 406 g/mol. The van der Waals surface area contributed by atoms with Crippen molar-refractivity contribution < 1.29 is 34.1 Å². The number of carboxylic acid groups (broad SMARTS) is 2. The summed E-state index contributed by atoms with van der Waals surface area (Å²) in [6, 6.07) is 9.15. The largest absolute Gasteiger partial charge is 0.481 e. The van der Waals surface area contributed by atoms with Gasteiger partial charge in [0.2, 0.25) is 0 Å². The number of aliphatic carboxylic acids is 2. The maximum Gasteiger partial charge on any atom is 0.332 e. The number of rotatable bonds is 15. The third-order valence-corrected chi connectivity index (χ3v) is 4.33. The molecule has 0 fully saturated rings. The van der Waals surface area contributed by atoms with Crippen LogP contribution < -0.4 is 0 Å². The summed E-state index contributed by atoms with van der Waals surface area (Å²) in [5.74, 6) is -3.12. The maximum absolute atomic E-state index is 12.2. The SMILES string of the molecule is CCOCCCCCCC(CC(=O)OCc1ccccc1)=C(CC(=O)O)C(=O)O. The molecular formula is C22H30O7. The number of benzene rings is 1. The molecule has 0 saturated carbocycles. The van der Waals surface area contributed by atoms with Crippen LogP contribution in [0.1, 0.15) is 57.4 Å². The van der Waals surface area contributed by atoms with Gasteiger partial charge in [0.15, 0.2) is 0 Å². The molecule has 0 bridgehead atoms. The molecular weight excluding hydrogens is 376 g/mol. The number of hydrogen-bond donors (Lipinski definition) is 2. The summed E-state index contributed by atoms with van der Waals surface area (Å²) in [4.78, 5) is 34.9. The molecule has 160 valence electrons. The molecule has 0 unspecified atom stereocenters. The van der Waals surface area contributed by atoms with Crippen molar-refractivity contribution in [2.45, 2.75) is 58.5 Å². The zero-order valence-electron chi connectivity index (χ0n) is 16.9. The fraction of sp³-hybridized carbons (Fsp3) is 0.500. The van der Waals surface area contributed by atoms with Gasteiger partial charge in [-0.3, -0.25) is 9.59 Å². The summed E-state index contributed by atoms with van der Waals surface area (Å²) in [6.45, 7) is 3.38. The van der Waals surface area contributed by atoms with Crippen molar-refractivity contribution in [3.63, 3.8) is 0 Å². The lowest BCUT2D eigenvalue weighted by Crippen LogP contribution is -2.14. The molecule has 29 heavy (non-hydrogen) atoms. The van der Waals surface area contributed by atoms with Gasteiger partial charge in [0.1, 0.15) is 6.61 Å². The number of carboxylic acids is 2. The Hall–Kier alpha value is -2.67. The molecule has 0 aliphatic rings. The predicted molar refractivity (Wildman–Crippen MR) is 107 cm³/mol. The minimum Gasteiger partial charge on any atom is -0.481 e. The van der Waals surface area contributed by atoms with Crippen LogP contribution in [0, 0.1) is 0 Å². The zero-order valence-corrected chi connectivity index (χ0v) is 16.9. The normalized spacial score (nSPS) is 11.6. The Balaban J connectivity index is 2.69. The van der Waals surface area contributed by atoms with Gasteiger partial charge in [0.05, 0.1) is 12.8 Å². The van der Waals surface area contributed by atoms with Crippen molar-refractivity contribution in [1.82, 2.24) is 0 Å². The fourth-order valence-electron chi connectivity index (χ4n) is 2.85. The van der Waals surface area contributed by atoms with Crippen LogP contribution in [0.2, 0.25) is 0 Å². The van der Waals surface area contributed by atoms with Gasteiger partial charge in [-0.25, -0.2) is 4.79 Å². The Bertz CT molecular complexity index is 680. The zero-order chi connectivity index (χ0) is 21.5. The second kappa shape index (κ2) is 14.3. The van der Waals surface area contributed by atoms with Crippen LogP contribution >= 0.6 is 0 Å². The van der Waals surface area contributed by atoms with E-state index in [-0.39, 0.29) is 18.6 Å². The number of unbranched alkanes of at least 4 members (excludes halogenated alkanes) is 3. The lowest BCUT2D eigenvalue weighted by Gasteiger charge is -2.12. The highest BCUT2D eigenvalue weighted by Gasteiger charge is 2.20. The average Bonchev–Trinajstić information content (AvgIpc) is 2.69. The molecule has 0 amide bonds. The molecule has 0 aromatic heterocycles. The van der Waals surface area contributed by atoms with Crippen LogP contribution in [0.3, 0.4) is 0 Å². The van der Waals surface area contributed by atoms with E-state index in [9.17, 15) is 19.5 Å². The van der Waals surface area contributed by atoms with Crippen LogP contribution in [0.15, 0.2) is 41.5 Å². The molecule has 0 saturated heterocycles. The van der Waals surface area contributed by atoms with Crippen LogP contribution in [-0.4, -0.2) is 41.3 Å². The Morgan fingerprint density at radius 3 is 2.24 bits per heavy atom. The molecule has 2 N–H and O–H groups in total. The highest BCUT2D eigenvalue weighted by Crippen LogP contribution is 2.22. The first-order valence-electron chi connectivity index (χ1n) is 9.87. The second-order valence-corrected chi connectivity index (χ2v) is 6.64. The molecule has 1 aromatic carbocycles. The smallest absolute Gasteiger partial charge is 0.332 e. The lowest BCUT2D eigenvalue weighted by atomic mass is 9.96. The van der Waals surface area contributed by atoms with Gasteiger partial charge in [-0.1, -0.05) is 43.2 Å². The minimum atomic E-state index is -1.31. The summed E-state index contributed by atoms with van der Waals surface area (Å²) in [5, 5.41) is 18.5. The van der Waals surface area contributed by atoms with Gasteiger partial charge in [-0.05, 0) is 37.3 Å². The van der Waals surface area contributed by atoms with E-state index in [1.807, 2.05) is 37.3 Å². The standard InChI is InChI=1S/C22H30O7/c1-2-28-13-9-4-3-8-12-18(19(22(26)27)15-20(23)24)14-21(25)29-16-17-10-6-5-7-11-17/h5-7,10-11H,2-4,8-9,12-16H2,1H3,(H,23,24)(H,26,27). The Kier molecular flexibility index (Phi) is 12.1. The van der Waals surface area contributed by atoms with Gasteiger partial charge in [-0.15, -0.1) is 0 Å². The van der Waals surface area contributed by atoms with Crippen molar-refractivity contribution in [1.29, 1.82) is 0 Å².